The highest BCUT2D eigenvalue weighted by atomic mass is 127. The van der Waals surface area contributed by atoms with E-state index in [4.69, 9.17) is 11.6 Å². The lowest BCUT2D eigenvalue weighted by atomic mass is 10.1. The molecule has 0 saturated carbocycles. The standard InChI is InChI=1S/C16H19ClFN3S.HI/c1-19-16(21-11-9-13-6-7-15(17)22-13)20-10-8-12-4-2-3-5-14(12)18;/h2-7H,8-11H2,1H3,(H2,19,20,21);1H. The van der Waals surface area contributed by atoms with Crippen LogP contribution in [-0.2, 0) is 12.8 Å². The molecule has 0 amide bonds. The van der Waals surface area contributed by atoms with E-state index in [1.807, 2.05) is 18.2 Å². The smallest absolute Gasteiger partial charge is 0.190 e. The van der Waals surface area contributed by atoms with Crippen LogP contribution in [0.2, 0.25) is 4.34 Å². The van der Waals surface area contributed by atoms with Crippen LogP contribution in [0.1, 0.15) is 10.4 Å². The van der Waals surface area contributed by atoms with Crippen molar-refractivity contribution < 1.29 is 4.39 Å². The zero-order chi connectivity index (χ0) is 15.8. The first-order valence-corrected chi connectivity index (χ1v) is 8.30. The van der Waals surface area contributed by atoms with Gasteiger partial charge < -0.3 is 10.6 Å². The second-order valence-electron chi connectivity index (χ2n) is 4.72. The van der Waals surface area contributed by atoms with Gasteiger partial charge in [-0.1, -0.05) is 29.8 Å². The van der Waals surface area contributed by atoms with Crippen molar-refractivity contribution in [3.8, 4) is 0 Å². The van der Waals surface area contributed by atoms with E-state index in [0.29, 0.717) is 18.5 Å². The molecule has 0 radical (unpaired) electrons. The first kappa shape index (κ1) is 20.2. The lowest BCUT2D eigenvalue weighted by molar-refractivity contribution is 0.606. The normalized spacial score (nSPS) is 11.0. The number of aliphatic imine (C=N–C) groups is 1. The minimum Gasteiger partial charge on any atom is -0.356 e. The number of nitrogens with zero attached hydrogens (tertiary/aromatic N) is 1. The van der Waals surface area contributed by atoms with Crippen molar-refractivity contribution in [2.75, 3.05) is 20.1 Å². The van der Waals surface area contributed by atoms with E-state index >= 15 is 0 Å². The summed E-state index contributed by atoms with van der Waals surface area (Å²) in [5, 5.41) is 6.42. The number of hydrogen-bond donors (Lipinski definition) is 2. The van der Waals surface area contributed by atoms with E-state index in [0.717, 1.165) is 23.3 Å². The molecule has 1 heterocycles. The van der Waals surface area contributed by atoms with E-state index in [1.165, 1.54) is 10.9 Å². The maximum absolute atomic E-state index is 13.5. The molecular formula is C16H20ClFIN3S. The van der Waals surface area contributed by atoms with Crippen molar-refractivity contribution in [1.29, 1.82) is 0 Å². The summed E-state index contributed by atoms with van der Waals surface area (Å²) in [6.45, 7) is 1.40. The summed E-state index contributed by atoms with van der Waals surface area (Å²) < 4.78 is 14.3. The van der Waals surface area contributed by atoms with Gasteiger partial charge in [-0.2, -0.15) is 0 Å². The number of thiophene rings is 1. The number of halogens is 3. The SMILES string of the molecule is CN=C(NCCc1ccc(Cl)s1)NCCc1ccccc1F.I. The van der Waals surface area contributed by atoms with Crippen LogP contribution in [0.3, 0.4) is 0 Å². The Balaban J connectivity index is 0.00000264. The van der Waals surface area contributed by atoms with Crippen LogP contribution in [0.25, 0.3) is 0 Å². The molecule has 7 heteroatoms. The molecule has 0 fully saturated rings. The lowest BCUT2D eigenvalue weighted by Crippen LogP contribution is -2.39. The van der Waals surface area contributed by atoms with Crippen LogP contribution < -0.4 is 10.6 Å². The van der Waals surface area contributed by atoms with Crippen LogP contribution in [0, 0.1) is 5.82 Å². The van der Waals surface area contributed by atoms with Crippen molar-refractivity contribution in [1.82, 2.24) is 10.6 Å². The summed E-state index contributed by atoms with van der Waals surface area (Å²) in [6.07, 6.45) is 1.51. The molecule has 1 aromatic heterocycles. The Hall–Kier alpha value is -0.860. The van der Waals surface area contributed by atoms with Crippen LogP contribution in [0.4, 0.5) is 4.39 Å². The van der Waals surface area contributed by atoms with Crippen molar-refractivity contribution in [2.45, 2.75) is 12.8 Å². The van der Waals surface area contributed by atoms with Gasteiger partial charge in [0.1, 0.15) is 5.82 Å². The largest absolute Gasteiger partial charge is 0.356 e. The first-order chi connectivity index (χ1) is 10.7. The maximum Gasteiger partial charge on any atom is 0.190 e. The topological polar surface area (TPSA) is 36.4 Å². The monoisotopic (exact) mass is 467 g/mol. The molecule has 2 rings (SSSR count). The van der Waals surface area contributed by atoms with Crippen LogP contribution in [-0.4, -0.2) is 26.1 Å². The first-order valence-electron chi connectivity index (χ1n) is 7.11. The van der Waals surface area contributed by atoms with Crippen molar-refractivity contribution >= 4 is 52.9 Å². The molecule has 0 atom stereocenters. The molecule has 0 saturated heterocycles. The molecule has 0 bridgehead atoms. The Morgan fingerprint density at radius 2 is 1.83 bits per heavy atom. The molecule has 1 aromatic carbocycles. The fourth-order valence-corrected chi connectivity index (χ4v) is 3.11. The quantitative estimate of drug-likeness (QED) is 0.381. The van der Waals surface area contributed by atoms with E-state index in [-0.39, 0.29) is 29.8 Å². The molecule has 23 heavy (non-hydrogen) atoms. The van der Waals surface area contributed by atoms with E-state index in [2.05, 4.69) is 15.6 Å². The Kier molecular flexibility index (Phi) is 9.50. The third-order valence-electron chi connectivity index (χ3n) is 3.16. The number of guanidine groups is 1. The number of nitrogens with one attached hydrogen (secondary N) is 2. The maximum atomic E-state index is 13.5. The second kappa shape index (κ2) is 10.8. The van der Waals surface area contributed by atoms with Crippen molar-refractivity contribution in [2.24, 2.45) is 4.99 Å². The summed E-state index contributed by atoms with van der Waals surface area (Å²) in [7, 11) is 1.72. The van der Waals surface area contributed by atoms with E-state index in [9.17, 15) is 4.39 Å². The Labute approximate surface area is 162 Å². The van der Waals surface area contributed by atoms with Gasteiger partial charge in [0.05, 0.1) is 4.34 Å². The molecule has 0 aliphatic heterocycles. The third-order valence-corrected chi connectivity index (χ3v) is 4.45. The predicted molar refractivity (Wildman–Crippen MR) is 108 cm³/mol. The average Bonchev–Trinajstić information content (AvgIpc) is 2.93. The van der Waals surface area contributed by atoms with Gasteiger partial charge in [0.25, 0.3) is 0 Å². The van der Waals surface area contributed by atoms with Crippen LogP contribution >= 0.6 is 46.9 Å². The summed E-state index contributed by atoms with van der Waals surface area (Å²) in [4.78, 5) is 5.39. The van der Waals surface area contributed by atoms with Crippen LogP contribution in [0.5, 0.6) is 0 Å². The molecular weight excluding hydrogens is 448 g/mol. The van der Waals surface area contributed by atoms with Gasteiger partial charge in [-0.05, 0) is 36.6 Å². The highest BCUT2D eigenvalue weighted by Gasteiger charge is 2.02. The number of hydrogen-bond acceptors (Lipinski definition) is 2. The van der Waals surface area contributed by atoms with Gasteiger partial charge in [0.2, 0.25) is 0 Å². The Bertz CT molecular complexity index is 633. The molecule has 126 valence electrons. The van der Waals surface area contributed by atoms with E-state index in [1.54, 1.807) is 30.5 Å². The highest BCUT2D eigenvalue weighted by Crippen LogP contribution is 2.21. The van der Waals surface area contributed by atoms with Gasteiger partial charge in [-0.3, -0.25) is 4.99 Å². The van der Waals surface area contributed by atoms with Gasteiger partial charge in [0, 0.05) is 25.0 Å². The summed E-state index contributed by atoms with van der Waals surface area (Å²) in [5.74, 6) is 0.556. The number of rotatable bonds is 6. The molecule has 0 aliphatic rings. The van der Waals surface area contributed by atoms with Crippen LogP contribution in [0.15, 0.2) is 41.4 Å². The van der Waals surface area contributed by atoms with E-state index < -0.39 is 0 Å². The second-order valence-corrected chi connectivity index (χ2v) is 6.52. The van der Waals surface area contributed by atoms with Gasteiger partial charge in [-0.15, -0.1) is 35.3 Å². The molecule has 0 aliphatic carbocycles. The van der Waals surface area contributed by atoms with Gasteiger partial charge in [0.15, 0.2) is 5.96 Å². The molecule has 3 nitrogen and oxygen atoms in total. The summed E-state index contributed by atoms with van der Waals surface area (Å²) in [6, 6.07) is 10.8. The fourth-order valence-electron chi connectivity index (χ4n) is 2.03. The zero-order valence-electron chi connectivity index (χ0n) is 12.8. The highest BCUT2D eigenvalue weighted by molar-refractivity contribution is 14.0. The molecule has 0 unspecified atom stereocenters. The summed E-state index contributed by atoms with van der Waals surface area (Å²) >= 11 is 7.49. The molecule has 2 N–H and O–H groups in total. The Morgan fingerprint density at radius 1 is 1.13 bits per heavy atom. The third kappa shape index (κ3) is 7.05. The fraction of sp³-hybridized carbons (Fsp3) is 0.312. The minimum atomic E-state index is -0.165. The van der Waals surface area contributed by atoms with Crippen molar-refractivity contribution in [3.05, 3.63) is 57.0 Å². The summed E-state index contributed by atoms with van der Waals surface area (Å²) in [5.41, 5.74) is 0.707. The lowest BCUT2D eigenvalue weighted by Gasteiger charge is -2.11. The Morgan fingerprint density at radius 3 is 2.43 bits per heavy atom. The van der Waals surface area contributed by atoms with Crippen molar-refractivity contribution in [3.63, 3.8) is 0 Å². The van der Waals surface area contributed by atoms with Gasteiger partial charge in [-0.25, -0.2) is 4.39 Å². The molecule has 2 aromatic rings. The molecule has 0 spiro atoms. The average molecular weight is 468 g/mol. The predicted octanol–water partition coefficient (Wildman–Crippen LogP) is 4.11. The number of benzene rings is 1. The van der Waals surface area contributed by atoms with Gasteiger partial charge >= 0.3 is 0 Å². The minimum absolute atomic E-state index is 0. The zero-order valence-corrected chi connectivity index (χ0v) is 16.7.